The number of halogens is 1. The number of hydrogen-bond donors (Lipinski definition) is 2. The van der Waals surface area contributed by atoms with Crippen molar-refractivity contribution in [1.82, 2.24) is 10.2 Å². The number of fused-ring (bicyclic) bond motifs is 2. The van der Waals surface area contributed by atoms with E-state index in [1.165, 1.54) is 35.6 Å². The number of sulfonamides is 1. The van der Waals surface area contributed by atoms with Crippen LogP contribution in [0, 0.1) is 5.82 Å². The van der Waals surface area contributed by atoms with Crippen LogP contribution in [0.3, 0.4) is 0 Å². The number of amides is 1. The fraction of sp³-hybridized carbons (Fsp3) is 0.304. The van der Waals surface area contributed by atoms with Gasteiger partial charge in [0.25, 0.3) is 5.91 Å². The molecule has 1 aliphatic heterocycles. The van der Waals surface area contributed by atoms with Gasteiger partial charge in [0.1, 0.15) is 17.2 Å². The number of carboxylic acid groups (broad SMARTS) is 1. The van der Waals surface area contributed by atoms with E-state index in [9.17, 15) is 27.5 Å². The summed E-state index contributed by atoms with van der Waals surface area (Å²) in [6.45, 7) is 1.78. The summed E-state index contributed by atoms with van der Waals surface area (Å²) in [4.78, 5) is 26.0. The second-order valence-corrected chi connectivity index (χ2v) is 10.1. The molecule has 0 bridgehead atoms. The Balaban J connectivity index is 2.01. The van der Waals surface area contributed by atoms with Crippen LogP contribution in [0.1, 0.15) is 28.9 Å². The highest BCUT2D eigenvalue weighted by molar-refractivity contribution is 7.92. The molecule has 34 heavy (non-hydrogen) atoms. The van der Waals surface area contributed by atoms with E-state index in [0.717, 1.165) is 6.26 Å². The highest BCUT2D eigenvalue weighted by atomic mass is 32.2. The molecule has 4 rings (SSSR count). The lowest BCUT2D eigenvalue weighted by molar-refractivity contribution is -0.138. The lowest BCUT2D eigenvalue weighted by Gasteiger charge is -2.25. The predicted molar refractivity (Wildman–Crippen MR) is 125 cm³/mol. The van der Waals surface area contributed by atoms with E-state index < -0.39 is 33.8 Å². The Hall–Kier alpha value is -3.44. The summed E-state index contributed by atoms with van der Waals surface area (Å²) in [6.07, 6.45) is 1.08. The molecule has 0 fully saturated rings. The van der Waals surface area contributed by atoms with Crippen LogP contribution in [0.15, 0.2) is 40.8 Å². The molecule has 1 aromatic heterocycles. The minimum absolute atomic E-state index is 0.0583. The first kappa shape index (κ1) is 23.7. The second kappa shape index (κ2) is 8.73. The normalized spacial score (nSPS) is 16.8. The fourth-order valence-electron chi connectivity index (χ4n) is 4.32. The number of nitrogens with zero attached hydrogens (tertiary/aromatic N) is 2. The molecule has 1 atom stereocenters. The van der Waals surface area contributed by atoms with E-state index >= 15 is 0 Å². The molecule has 3 aromatic rings. The standard InChI is InChI=1S/C23H24FN3O6S/c1-13-16-10-17-19(11-18(16)27(34(3,31)32)9-8-26(13)12-20(28)29)33-22(21(17)23(30)25-2)14-4-6-15(24)7-5-14/h4-7,10-11,13H,8-9,12H2,1-3H3,(H,25,30)(H,28,29). The summed E-state index contributed by atoms with van der Waals surface area (Å²) in [6, 6.07) is 8.27. The third kappa shape index (κ3) is 4.24. The van der Waals surface area contributed by atoms with Crippen LogP contribution in [0.5, 0.6) is 0 Å². The van der Waals surface area contributed by atoms with Crippen molar-refractivity contribution in [2.45, 2.75) is 13.0 Å². The summed E-state index contributed by atoms with van der Waals surface area (Å²) < 4.78 is 46.0. The summed E-state index contributed by atoms with van der Waals surface area (Å²) >= 11 is 0. The first-order valence-electron chi connectivity index (χ1n) is 10.5. The Kier molecular flexibility index (Phi) is 6.09. The van der Waals surface area contributed by atoms with Gasteiger partial charge in [-0.05, 0) is 42.8 Å². The molecule has 1 amide bonds. The van der Waals surface area contributed by atoms with Gasteiger partial charge >= 0.3 is 5.97 Å². The smallest absolute Gasteiger partial charge is 0.317 e. The average Bonchev–Trinajstić information content (AvgIpc) is 3.08. The molecule has 0 radical (unpaired) electrons. The zero-order valence-electron chi connectivity index (χ0n) is 18.8. The predicted octanol–water partition coefficient (Wildman–Crippen LogP) is 2.83. The summed E-state index contributed by atoms with van der Waals surface area (Å²) in [5.41, 5.74) is 1.89. The molecule has 2 aromatic carbocycles. The maximum absolute atomic E-state index is 13.5. The Labute approximate surface area is 195 Å². The van der Waals surface area contributed by atoms with Crippen molar-refractivity contribution in [3.63, 3.8) is 0 Å². The topological polar surface area (TPSA) is 120 Å². The molecule has 9 nitrogen and oxygen atoms in total. The van der Waals surface area contributed by atoms with Crippen LogP contribution in [-0.4, -0.2) is 63.2 Å². The summed E-state index contributed by atoms with van der Waals surface area (Å²) in [5.74, 6) is -1.68. The first-order valence-corrected chi connectivity index (χ1v) is 12.4. The fourth-order valence-corrected chi connectivity index (χ4v) is 5.25. The zero-order chi connectivity index (χ0) is 24.8. The van der Waals surface area contributed by atoms with Crippen LogP contribution in [0.4, 0.5) is 10.1 Å². The van der Waals surface area contributed by atoms with Gasteiger partial charge in [-0.15, -0.1) is 0 Å². The molecule has 0 saturated heterocycles. The SMILES string of the molecule is CNC(=O)c1c(-c2ccc(F)cc2)oc2cc3c(cc12)C(C)N(CC(=O)O)CCN3S(C)(=O)=O. The molecule has 0 spiro atoms. The summed E-state index contributed by atoms with van der Waals surface area (Å²) in [5, 5.41) is 12.4. The number of furan rings is 1. The van der Waals surface area contributed by atoms with Crippen LogP contribution in [0.25, 0.3) is 22.3 Å². The molecule has 0 aliphatic carbocycles. The van der Waals surface area contributed by atoms with E-state index in [2.05, 4.69) is 5.32 Å². The highest BCUT2D eigenvalue weighted by Crippen LogP contribution is 2.41. The van der Waals surface area contributed by atoms with Gasteiger partial charge in [0.2, 0.25) is 10.0 Å². The Bertz CT molecular complexity index is 1380. The van der Waals surface area contributed by atoms with Crippen molar-refractivity contribution < 1.29 is 31.9 Å². The number of carbonyl (C=O) groups excluding carboxylic acids is 1. The number of nitrogens with one attached hydrogen (secondary N) is 1. The van der Waals surface area contributed by atoms with E-state index in [1.54, 1.807) is 24.0 Å². The van der Waals surface area contributed by atoms with E-state index in [4.69, 9.17) is 4.42 Å². The number of carbonyl (C=O) groups is 2. The maximum atomic E-state index is 13.5. The van der Waals surface area contributed by atoms with E-state index in [1.807, 2.05) is 0 Å². The van der Waals surface area contributed by atoms with Crippen LogP contribution >= 0.6 is 0 Å². The molecular weight excluding hydrogens is 465 g/mol. The van der Waals surface area contributed by atoms with Gasteiger partial charge in [-0.1, -0.05) is 0 Å². The first-order chi connectivity index (χ1) is 16.0. The number of carboxylic acids is 1. The van der Waals surface area contributed by atoms with Crippen LogP contribution < -0.4 is 9.62 Å². The molecule has 180 valence electrons. The number of anilines is 1. The third-order valence-corrected chi connectivity index (χ3v) is 7.17. The van der Waals surface area contributed by atoms with Crippen molar-refractivity contribution in [1.29, 1.82) is 0 Å². The monoisotopic (exact) mass is 489 g/mol. The average molecular weight is 490 g/mol. The maximum Gasteiger partial charge on any atom is 0.317 e. The summed E-state index contributed by atoms with van der Waals surface area (Å²) in [7, 11) is -2.22. The zero-order valence-corrected chi connectivity index (χ0v) is 19.6. The van der Waals surface area contributed by atoms with Crippen molar-refractivity contribution in [3.05, 3.63) is 53.3 Å². The Morgan fingerprint density at radius 3 is 2.47 bits per heavy atom. The second-order valence-electron chi connectivity index (χ2n) is 8.17. The van der Waals surface area contributed by atoms with Gasteiger partial charge < -0.3 is 14.8 Å². The van der Waals surface area contributed by atoms with Gasteiger partial charge in [0.05, 0.1) is 24.1 Å². The van der Waals surface area contributed by atoms with Gasteiger partial charge in [-0.2, -0.15) is 0 Å². The van der Waals surface area contributed by atoms with Crippen molar-refractivity contribution in [3.8, 4) is 11.3 Å². The largest absolute Gasteiger partial charge is 0.480 e. The minimum atomic E-state index is -3.69. The molecular formula is C23H24FN3O6S. The Morgan fingerprint density at radius 1 is 1.21 bits per heavy atom. The van der Waals surface area contributed by atoms with Gasteiger partial charge in [0, 0.05) is 43.2 Å². The third-order valence-electron chi connectivity index (χ3n) is 5.99. The molecule has 1 unspecified atom stereocenters. The van der Waals surface area contributed by atoms with Crippen molar-refractivity contribution in [2.24, 2.45) is 0 Å². The van der Waals surface area contributed by atoms with Crippen molar-refractivity contribution in [2.75, 3.05) is 37.2 Å². The number of hydrogen-bond acceptors (Lipinski definition) is 6. The van der Waals surface area contributed by atoms with E-state index in [-0.39, 0.29) is 36.5 Å². The van der Waals surface area contributed by atoms with Gasteiger partial charge in [-0.3, -0.25) is 18.8 Å². The van der Waals surface area contributed by atoms with Gasteiger partial charge in [0.15, 0.2) is 0 Å². The molecule has 2 heterocycles. The number of aliphatic carboxylic acids is 1. The van der Waals surface area contributed by atoms with Gasteiger partial charge in [-0.25, -0.2) is 12.8 Å². The Morgan fingerprint density at radius 2 is 1.88 bits per heavy atom. The molecule has 0 saturated carbocycles. The van der Waals surface area contributed by atoms with Crippen molar-refractivity contribution >= 4 is 38.6 Å². The highest BCUT2D eigenvalue weighted by Gasteiger charge is 2.33. The number of benzene rings is 2. The number of rotatable bonds is 5. The lowest BCUT2D eigenvalue weighted by Crippen LogP contribution is -2.37. The molecule has 2 N–H and O–H groups in total. The van der Waals surface area contributed by atoms with Crippen LogP contribution in [-0.2, 0) is 14.8 Å². The lowest BCUT2D eigenvalue weighted by atomic mass is 9.99. The molecule has 1 aliphatic rings. The molecule has 11 heteroatoms. The quantitative estimate of drug-likeness (QED) is 0.565. The van der Waals surface area contributed by atoms with E-state index in [0.29, 0.717) is 22.2 Å². The minimum Gasteiger partial charge on any atom is -0.480 e. The van der Waals surface area contributed by atoms with Crippen LogP contribution in [0.2, 0.25) is 0 Å².